The molecule has 0 saturated heterocycles. The molecule has 0 unspecified atom stereocenters. The van der Waals surface area contributed by atoms with E-state index < -0.39 is 0 Å². The molecule has 2 N–H and O–H groups in total. The van der Waals surface area contributed by atoms with E-state index in [4.69, 9.17) is 0 Å². The van der Waals surface area contributed by atoms with Crippen molar-refractivity contribution < 1.29 is 4.79 Å². The highest BCUT2D eigenvalue weighted by molar-refractivity contribution is 5.97. The van der Waals surface area contributed by atoms with Crippen molar-refractivity contribution in [2.24, 2.45) is 0 Å². The zero-order valence-electron chi connectivity index (χ0n) is 15.9. The Kier molecular flexibility index (Phi) is 3.86. The van der Waals surface area contributed by atoms with Crippen molar-refractivity contribution in [2.45, 2.75) is 39.0 Å². The number of ketones is 1. The molecule has 28 heavy (non-hydrogen) atoms. The fourth-order valence-corrected chi connectivity index (χ4v) is 3.52. The van der Waals surface area contributed by atoms with E-state index in [1.54, 1.807) is 6.20 Å². The van der Waals surface area contributed by atoms with E-state index >= 15 is 0 Å². The van der Waals surface area contributed by atoms with Crippen molar-refractivity contribution in [3.8, 4) is 11.3 Å². The number of pyridine rings is 2. The fourth-order valence-electron chi connectivity index (χ4n) is 3.52. The Morgan fingerprint density at radius 2 is 2.00 bits per heavy atom. The minimum Gasteiger partial charge on any atom is -0.339 e. The van der Waals surface area contributed by atoms with Crippen LogP contribution in [0.15, 0.2) is 36.7 Å². The van der Waals surface area contributed by atoms with Gasteiger partial charge in [-0.3, -0.25) is 14.9 Å². The van der Waals surface area contributed by atoms with Crippen LogP contribution >= 0.6 is 0 Å². The molecule has 0 bridgehead atoms. The molecule has 1 fully saturated rings. The van der Waals surface area contributed by atoms with E-state index in [0.29, 0.717) is 11.6 Å². The van der Waals surface area contributed by atoms with Gasteiger partial charge in [-0.25, -0.2) is 4.98 Å². The van der Waals surface area contributed by atoms with Gasteiger partial charge < -0.3 is 4.98 Å². The van der Waals surface area contributed by atoms with Gasteiger partial charge in [0.1, 0.15) is 11.3 Å². The Hall–Kier alpha value is -3.28. The van der Waals surface area contributed by atoms with Crippen LogP contribution in [0.3, 0.4) is 0 Å². The number of aromatic amines is 2. The molecule has 0 spiro atoms. The predicted octanol–water partition coefficient (Wildman–Crippen LogP) is 4.27. The zero-order chi connectivity index (χ0) is 19.3. The SMILES string of the molecule is Cc1[nH]nc(C(=O)Cc2cnc3[nH]c(-c4ccc(C5CC5)nc4)cc3c2)c1C. The first-order valence-electron chi connectivity index (χ1n) is 9.57. The largest absolute Gasteiger partial charge is 0.339 e. The molecular formula is C22H21N5O. The van der Waals surface area contributed by atoms with Gasteiger partial charge in [0.05, 0.1) is 0 Å². The number of rotatable bonds is 5. The first kappa shape index (κ1) is 16.9. The second-order valence-corrected chi connectivity index (χ2v) is 7.63. The first-order chi connectivity index (χ1) is 13.6. The topological polar surface area (TPSA) is 87.3 Å². The van der Waals surface area contributed by atoms with Crippen molar-refractivity contribution >= 4 is 16.8 Å². The van der Waals surface area contributed by atoms with Crippen LogP contribution < -0.4 is 0 Å². The molecule has 4 heterocycles. The third kappa shape index (κ3) is 3.01. The number of hydrogen-bond acceptors (Lipinski definition) is 4. The van der Waals surface area contributed by atoms with Gasteiger partial charge in [0.2, 0.25) is 0 Å². The molecule has 1 aliphatic rings. The van der Waals surface area contributed by atoms with E-state index in [0.717, 1.165) is 39.1 Å². The lowest BCUT2D eigenvalue weighted by atomic mass is 10.0. The van der Waals surface area contributed by atoms with Gasteiger partial charge in [-0.05, 0) is 56.5 Å². The normalized spacial score (nSPS) is 13.9. The summed E-state index contributed by atoms with van der Waals surface area (Å²) >= 11 is 0. The Labute approximate surface area is 162 Å². The van der Waals surface area contributed by atoms with E-state index in [1.165, 1.54) is 18.5 Å². The second kappa shape index (κ2) is 6.41. The standard InChI is InChI=1S/C22H21N5O/c1-12-13(2)26-27-21(12)20(28)8-14-7-17-9-19(25-22(17)24-10-14)16-5-6-18(23-11-16)15-3-4-15/h5-7,9-11,15H,3-4,8H2,1-2H3,(H,24,25)(H,26,27). The summed E-state index contributed by atoms with van der Waals surface area (Å²) in [5, 5.41) is 7.99. The lowest BCUT2D eigenvalue weighted by molar-refractivity contribution is 0.0987. The Balaban J connectivity index is 1.40. The summed E-state index contributed by atoms with van der Waals surface area (Å²) in [5.74, 6) is 0.652. The Morgan fingerprint density at radius 3 is 2.68 bits per heavy atom. The average Bonchev–Trinajstić information content (AvgIpc) is 3.38. The van der Waals surface area contributed by atoms with Crippen LogP contribution in [-0.2, 0) is 6.42 Å². The zero-order valence-corrected chi connectivity index (χ0v) is 15.9. The molecule has 0 aliphatic heterocycles. The maximum atomic E-state index is 12.6. The van der Waals surface area contributed by atoms with Crippen LogP contribution in [0.5, 0.6) is 0 Å². The van der Waals surface area contributed by atoms with Crippen LogP contribution in [0.1, 0.15) is 51.8 Å². The number of aryl methyl sites for hydroxylation is 1. The lowest BCUT2D eigenvalue weighted by Gasteiger charge is -2.00. The summed E-state index contributed by atoms with van der Waals surface area (Å²) in [6, 6.07) is 8.30. The number of fused-ring (bicyclic) bond motifs is 1. The van der Waals surface area contributed by atoms with Gasteiger partial charge in [-0.2, -0.15) is 5.10 Å². The average molecular weight is 371 g/mol. The van der Waals surface area contributed by atoms with Crippen LogP contribution in [0.4, 0.5) is 0 Å². The molecular weight excluding hydrogens is 350 g/mol. The van der Waals surface area contributed by atoms with Crippen LogP contribution in [0, 0.1) is 13.8 Å². The first-order valence-corrected chi connectivity index (χ1v) is 9.57. The summed E-state index contributed by atoms with van der Waals surface area (Å²) in [6.07, 6.45) is 6.46. The molecule has 4 aromatic heterocycles. The van der Waals surface area contributed by atoms with Crippen LogP contribution in [0.2, 0.25) is 0 Å². The second-order valence-electron chi connectivity index (χ2n) is 7.63. The number of aromatic nitrogens is 5. The molecule has 4 aromatic rings. The minimum atomic E-state index is -0.00127. The molecule has 6 heteroatoms. The quantitative estimate of drug-likeness (QED) is 0.513. The molecule has 140 valence electrons. The van der Waals surface area contributed by atoms with Crippen molar-refractivity contribution in [3.05, 3.63) is 64.9 Å². The maximum Gasteiger partial charge on any atom is 0.187 e. The number of hydrogen-bond donors (Lipinski definition) is 2. The van der Waals surface area contributed by atoms with Gasteiger partial charge >= 0.3 is 0 Å². The molecule has 0 radical (unpaired) electrons. The fraction of sp³-hybridized carbons (Fsp3) is 0.273. The number of Topliss-reactive ketones (excluding diaryl/α,β-unsaturated/α-hetero) is 1. The molecule has 0 amide bonds. The number of carbonyl (C=O) groups is 1. The summed E-state index contributed by atoms with van der Waals surface area (Å²) in [4.78, 5) is 25.0. The van der Waals surface area contributed by atoms with Gasteiger partial charge in [0.25, 0.3) is 0 Å². The van der Waals surface area contributed by atoms with E-state index in [9.17, 15) is 4.79 Å². The van der Waals surface area contributed by atoms with Crippen molar-refractivity contribution in [2.75, 3.05) is 0 Å². The van der Waals surface area contributed by atoms with Crippen molar-refractivity contribution in [1.82, 2.24) is 25.1 Å². The maximum absolute atomic E-state index is 12.6. The summed E-state index contributed by atoms with van der Waals surface area (Å²) in [6.45, 7) is 3.83. The van der Waals surface area contributed by atoms with Crippen molar-refractivity contribution in [1.29, 1.82) is 0 Å². The van der Waals surface area contributed by atoms with Crippen molar-refractivity contribution in [3.63, 3.8) is 0 Å². The number of H-pyrrole nitrogens is 2. The van der Waals surface area contributed by atoms with E-state index in [1.807, 2.05) is 26.1 Å². The monoisotopic (exact) mass is 371 g/mol. The number of nitrogens with zero attached hydrogens (tertiary/aromatic N) is 3. The highest BCUT2D eigenvalue weighted by Crippen LogP contribution is 2.39. The summed E-state index contributed by atoms with van der Waals surface area (Å²) in [5.41, 5.74) is 7.24. The molecule has 1 saturated carbocycles. The van der Waals surface area contributed by atoms with E-state index in [2.05, 4.69) is 43.3 Å². The van der Waals surface area contributed by atoms with Crippen LogP contribution in [-0.4, -0.2) is 30.9 Å². The van der Waals surface area contributed by atoms with Gasteiger partial charge in [-0.1, -0.05) is 0 Å². The van der Waals surface area contributed by atoms with Gasteiger partial charge in [0, 0.05) is 58.3 Å². The number of carbonyl (C=O) groups excluding carboxylic acids is 1. The smallest absolute Gasteiger partial charge is 0.187 e. The minimum absolute atomic E-state index is 0.00127. The highest BCUT2D eigenvalue weighted by Gasteiger charge is 2.24. The summed E-state index contributed by atoms with van der Waals surface area (Å²) in [7, 11) is 0. The van der Waals surface area contributed by atoms with E-state index in [-0.39, 0.29) is 12.2 Å². The molecule has 5 rings (SSSR count). The van der Waals surface area contributed by atoms with Crippen LogP contribution in [0.25, 0.3) is 22.3 Å². The Bertz CT molecular complexity index is 1180. The summed E-state index contributed by atoms with van der Waals surface area (Å²) < 4.78 is 0. The van der Waals surface area contributed by atoms with Gasteiger partial charge in [-0.15, -0.1) is 0 Å². The number of nitrogens with one attached hydrogen (secondary N) is 2. The predicted molar refractivity (Wildman–Crippen MR) is 107 cm³/mol. The molecule has 0 aromatic carbocycles. The third-order valence-electron chi connectivity index (χ3n) is 5.50. The van der Waals surface area contributed by atoms with Gasteiger partial charge in [0.15, 0.2) is 5.78 Å². The third-order valence-corrected chi connectivity index (χ3v) is 5.50. The molecule has 0 atom stereocenters. The molecule has 6 nitrogen and oxygen atoms in total. The molecule has 1 aliphatic carbocycles. The Morgan fingerprint density at radius 1 is 1.14 bits per heavy atom. The highest BCUT2D eigenvalue weighted by atomic mass is 16.1. The lowest BCUT2D eigenvalue weighted by Crippen LogP contribution is -2.06.